The molecule has 1 unspecified atom stereocenters. The number of carbonyl (C=O) groups is 1. The van der Waals surface area contributed by atoms with E-state index in [0.717, 1.165) is 0 Å². The third kappa shape index (κ3) is 3.07. The van der Waals surface area contributed by atoms with Crippen LogP contribution in [0, 0.1) is 0 Å². The number of aromatic carboxylic acids is 1. The first-order valence-corrected chi connectivity index (χ1v) is 5.32. The van der Waals surface area contributed by atoms with Crippen molar-refractivity contribution in [2.24, 2.45) is 5.16 Å². The average molecular weight is 300 g/mol. The number of nitrogens with zero attached hydrogens (tertiary/aromatic N) is 2. The van der Waals surface area contributed by atoms with Crippen LogP contribution in [0.25, 0.3) is 0 Å². The second kappa shape index (κ2) is 6.08. The summed E-state index contributed by atoms with van der Waals surface area (Å²) in [6.45, 7) is 0. The molecule has 0 amide bonds. The van der Waals surface area contributed by atoms with Crippen LogP contribution in [-0.2, 0) is 4.84 Å². The number of oxime groups is 1. The van der Waals surface area contributed by atoms with Gasteiger partial charge < -0.3 is 15.7 Å². The minimum absolute atomic E-state index is 0. The number of nitrogen functional groups attached to an aromatic ring is 1. The Balaban J connectivity index is 0.00000162. The molecular weight excluding hydrogens is 292 g/mol. The summed E-state index contributed by atoms with van der Waals surface area (Å²) in [5, 5.41) is 12.7. The normalized spacial score (nSPS) is 17.7. The first-order valence-electron chi connectivity index (χ1n) is 4.56. The van der Waals surface area contributed by atoms with Crippen molar-refractivity contribution >= 4 is 69.6 Å². The van der Waals surface area contributed by atoms with Crippen LogP contribution in [0.1, 0.15) is 28.7 Å². The summed E-state index contributed by atoms with van der Waals surface area (Å²) in [6, 6.07) is 1.45. The topological polar surface area (TPSA) is 97.8 Å². The van der Waals surface area contributed by atoms with Crippen LogP contribution in [0.3, 0.4) is 0 Å². The number of carboxylic acid groups (broad SMARTS) is 1. The molecule has 0 spiro atoms. The van der Waals surface area contributed by atoms with Crippen LogP contribution >= 0.6 is 23.2 Å². The van der Waals surface area contributed by atoms with E-state index < -0.39 is 12.1 Å². The van der Waals surface area contributed by atoms with E-state index in [1.165, 1.54) is 6.07 Å². The molecule has 1 aromatic rings. The Hall–Kier alpha value is -0.530. The fourth-order valence-corrected chi connectivity index (χ4v) is 1.74. The van der Waals surface area contributed by atoms with Gasteiger partial charge in [0.1, 0.15) is 5.17 Å². The molecule has 92 valence electrons. The predicted molar refractivity (Wildman–Crippen MR) is 69.5 cm³/mol. The van der Waals surface area contributed by atoms with Crippen LogP contribution in [0.2, 0.25) is 5.02 Å². The van der Waals surface area contributed by atoms with Crippen LogP contribution in [0.4, 0.5) is 5.69 Å². The van der Waals surface area contributed by atoms with Crippen molar-refractivity contribution in [3.63, 3.8) is 0 Å². The van der Waals surface area contributed by atoms with Crippen molar-refractivity contribution in [3.05, 3.63) is 22.5 Å². The number of hydrogen-bond donors (Lipinski definition) is 2. The van der Waals surface area contributed by atoms with E-state index in [1.807, 2.05) is 0 Å². The molecule has 0 aromatic carbocycles. The molecular formula is C9H8Cl2N3NaO3. The summed E-state index contributed by atoms with van der Waals surface area (Å²) in [7, 11) is 0. The zero-order valence-electron chi connectivity index (χ0n) is 8.35. The van der Waals surface area contributed by atoms with E-state index in [9.17, 15) is 4.79 Å². The molecule has 3 N–H and O–H groups in total. The van der Waals surface area contributed by atoms with E-state index in [1.54, 1.807) is 0 Å². The Morgan fingerprint density at radius 2 is 2.22 bits per heavy atom. The first-order chi connectivity index (χ1) is 7.99. The third-order valence-corrected chi connectivity index (χ3v) is 2.79. The van der Waals surface area contributed by atoms with Crippen LogP contribution < -0.4 is 5.73 Å². The third-order valence-electron chi connectivity index (χ3n) is 2.17. The van der Waals surface area contributed by atoms with Gasteiger partial charge in [-0.15, -0.1) is 0 Å². The molecule has 0 fully saturated rings. The molecule has 0 aliphatic carbocycles. The Morgan fingerprint density at radius 3 is 2.72 bits per heavy atom. The van der Waals surface area contributed by atoms with E-state index >= 15 is 0 Å². The summed E-state index contributed by atoms with van der Waals surface area (Å²) in [6.07, 6.45) is -0.200. The molecule has 1 aromatic heterocycles. The quantitative estimate of drug-likeness (QED) is 0.804. The second-order valence-corrected chi connectivity index (χ2v) is 4.18. The first kappa shape index (κ1) is 15.5. The van der Waals surface area contributed by atoms with Gasteiger partial charge in [-0.2, -0.15) is 0 Å². The van der Waals surface area contributed by atoms with E-state index in [4.69, 9.17) is 38.9 Å². The zero-order valence-corrected chi connectivity index (χ0v) is 9.87. The monoisotopic (exact) mass is 299 g/mol. The number of carboxylic acids is 1. The molecule has 0 radical (unpaired) electrons. The second-order valence-electron chi connectivity index (χ2n) is 3.37. The maximum atomic E-state index is 10.9. The van der Waals surface area contributed by atoms with Crippen molar-refractivity contribution < 1.29 is 14.7 Å². The molecule has 6 nitrogen and oxygen atoms in total. The van der Waals surface area contributed by atoms with E-state index in [0.29, 0.717) is 17.3 Å². The minimum atomic E-state index is -1.26. The average Bonchev–Trinajstić information content (AvgIpc) is 2.68. The van der Waals surface area contributed by atoms with Gasteiger partial charge in [0, 0.05) is 6.42 Å². The summed E-state index contributed by atoms with van der Waals surface area (Å²) in [5.41, 5.74) is 5.75. The summed E-state index contributed by atoms with van der Waals surface area (Å²) in [5.74, 6) is -1.26. The molecule has 18 heavy (non-hydrogen) atoms. The SMILES string of the molecule is Nc1cc(C2CC(Cl)=NO2)nc(C(=O)O)c1Cl.[NaH]. The van der Waals surface area contributed by atoms with Gasteiger partial charge in [-0.3, -0.25) is 0 Å². The van der Waals surface area contributed by atoms with Crippen LogP contribution in [0.5, 0.6) is 0 Å². The maximum absolute atomic E-state index is 10.9. The summed E-state index contributed by atoms with van der Waals surface area (Å²) >= 11 is 11.4. The zero-order chi connectivity index (χ0) is 12.6. The van der Waals surface area contributed by atoms with Crippen LogP contribution in [0.15, 0.2) is 11.2 Å². The van der Waals surface area contributed by atoms with Gasteiger partial charge >= 0.3 is 35.5 Å². The standard InChI is InChI=1S/C9H7Cl2N3O3.Na.H/c10-6-2-5(17-14-6)4-1-3(12)7(11)8(13-4)9(15)16;;/h1,5H,2H2,(H2,12,13)(H,15,16);;. The molecule has 0 saturated carbocycles. The van der Waals surface area contributed by atoms with Gasteiger partial charge in [0.25, 0.3) is 0 Å². The fourth-order valence-electron chi connectivity index (χ4n) is 1.38. The van der Waals surface area contributed by atoms with Gasteiger partial charge in [0.2, 0.25) is 0 Å². The van der Waals surface area contributed by atoms with Crippen molar-refractivity contribution in [3.8, 4) is 0 Å². The van der Waals surface area contributed by atoms with Gasteiger partial charge in [-0.05, 0) is 6.07 Å². The van der Waals surface area contributed by atoms with Crippen molar-refractivity contribution in [1.82, 2.24) is 4.98 Å². The molecule has 2 heterocycles. The van der Waals surface area contributed by atoms with Crippen LogP contribution in [-0.4, -0.2) is 50.8 Å². The van der Waals surface area contributed by atoms with Crippen molar-refractivity contribution in [2.45, 2.75) is 12.5 Å². The molecule has 2 rings (SSSR count). The number of nitrogens with two attached hydrogens (primary N) is 1. The summed E-state index contributed by atoms with van der Waals surface area (Å²) < 4.78 is 0. The number of hydrogen-bond acceptors (Lipinski definition) is 5. The molecule has 1 aliphatic heterocycles. The number of rotatable bonds is 2. The fraction of sp³-hybridized carbons (Fsp3) is 0.222. The Kier molecular flexibility index (Phi) is 5.24. The Bertz CT molecular complexity index is 524. The van der Waals surface area contributed by atoms with Gasteiger partial charge in [-0.25, -0.2) is 9.78 Å². The Morgan fingerprint density at radius 1 is 1.56 bits per heavy atom. The van der Waals surface area contributed by atoms with Gasteiger partial charge in [0.15, 0.2) is 11.8 Å². The molecule has 0 saturated heterocycles. The summed E-state index contributed by atoms with van der Waals surface area (Å²) in [4.78, 5) is 19.8. The van der Waals surface area contributed by atoms with Crippen molar-refractivity contribution in [1.29, 1.82) is 0 Å². The number of anilines is 1. The number of aromatic nitrogens is 1. The predicted octanol–water partition coefficient (Wildman–Crippen LogP) is 1.38. The molecule has 0 bridgehead atoms. The van der Waals surface area contributed by atoms with Crippen molar-refractivity contribution in [2.75, 3.05) is 5.73 Å². The van der Waals surface area contributed by atoms with Gasteiger partial charge in [0.05, 0.1) is 16.4 Å². The molecule has 1 aliphatic rings. The van der Waals surface area contributed by atoms with Gasteiger partial charge in [-0.1, -0.05) is 28.4 Å². The number of pyridine rings is 1. The Labute approximate surface area is 134 Å². The van der Waals surface area contributed by atoms with E-state index in [-0.39, 0.29) is 46.0 Å². The van der Waals surface area contributed by atoms with E-state index in [2.05, 4.69) is 10.1 Å². The molecule has 1 atom stereocenters. The number of halogens is 2. The molecule has 9 heteroatoms.